The second-order valence-corrected chi connectivity index (χ2v) is 7.50. The number of fused-ring (bicyclic) bond motifs is 1. The van der Waals surface area contributed by atoms with Crippen molar-refractivity contribution in [2.75, 3.05) is 13.1 Å². The zero-order valence-electron chi connectivity index (χ0n) is 15.8. The Morgan fingerprint density at radius 1 is 1.21 bits per heavy atom. The number of hydrogen-bond donors (Lipinski definition) is 0. The van der Waals surface area contributed by atoms with E-state index in [4.69, 9.17) is 16.3 Å². The van der Waals surface area contributed by atoms with E-state index in [2.05, 4.69) is 10.1 Å². The monoisotopic (exact) mass is 402 g/mol. The van der Waals surface area contributed by atoms with Crippen LogP contribution in [-0.4, -0.2) is 50.9 Å². The molecule has 28 heavy (non-hydrogen) atoms. The summed E-state index contributed by atoms with van der Waals surface area (Å²) >= 11 is 6.63. The van der Waals surface area contributed by atoms with Crippen molar-refractivity contribution in [3.8, 4) is 5.69 Å². The number of nitrogens with zero attached hydrogens (tertiary/aromatic N) is 4. The van der Waals surface area contributed by atoms with Gasteiger partial charge >= 0.3 is 0 Å². The van der Waals surface area contributed by atoms with E-state index in [1.165, 1.54) is 18.3 Å². The minimum atomic E-state index is -0.329. The fraction of sp³-hybridized carbons (Fsp3) is 0.350. The first-order valence-corrected chi connectivity index (χ1v) is 9.47. The minimum absolute atomic E-state index is 0.0360. The fourth-order valence-electron chi connectivity index (χ4n) is 3.63. The Bertz CT molecular complexity index is 1040. The second kappa shape index (κ2) is 7.14. The van der Waals surface area contributed by atoms with Crippen LogP contribution >= 0.6 is 11.6 Å². The van der Waals surface area contributed by atoms with Crippen LogP contribution in [0.2, 0.25) is 5.02 Å². The maximum Gasteiger partial charge on any atom is 0.257 e. The van der Waals surface area contributed by atoms with Gasteiger partial charge in [-0.05, 0) is 45.0 Å². The van der Waals surface area contributed by atoms with Gasteiger partial charge in [-0.2, -0.15) is 5.10 Å². The van der Waals surface area contributed by atoms with Crippen LogP contribution in [0.4, 0.5) is 4.39 Å². The van der Waals surface area contributed by atoms with Gasteiger partial charge in [0.25, 0.3) is 5.91 Å². The van der Waals surface area contributed by atoms with Gasteiger partial charge in [0.05, 0.1) is 39.6 Å². The molecular formula is C20H20ClFN4O2. The van der Waals surface area contributed by atoms with E-state index in [1.807, 2.05) is 20.8 Å². The van der Waals surface area contributed by atoms with E-state index in [0.29, 0.717) is 46.1 Å². The third-order valence-electron chi connectivity index (χ3n) is 4.82. The third kappa shape index (κ3) is 3.25. The van der Waals surface area contributed by atoms with Crippen molar-refractivity contribution in [2.45, 2.75) is 33.0 Å². The van der Waals surface area contributed by atoms with Crippen LogP contribution in [0.5, 0.6) is 0 Å². The topological polar surface area (TPSA) is 60.2 Å². The Balaban J connectivity index is 1.76. The predicted octanol–water partition coefficient (Wildman–Crippen LogP) is 3.77. The highest BCUT2D eigenvalue weighted by atomic mass is 35.5. The molecule has 0 N–H and O–H groups in total. The van der Waals surface area contributed by atoms with Gasteiger partial charge < -0.3 is 9.64 Å². The maximum absolute atomic E-state index is 13.2. The Morgan fingerprint density at radius 3 is 2.50 bits per heavy atom. The number of ether oxygens (including phenoxy) is 1. The van der Waals surface area contributed by atoms with Crippen LogP contribution in [0, 0.1) is 12.7 Å². The lowest BCUT2D eigenvalue weighted by Crippen LogP contribution is -2.48. The summed E-state index contributed by atoms with van der Waals surface area (Å²) in [5.74, 6) is -0.500. The SMILES string of the molecule is Cc1nn(-c2ccc(F)cc2)c2ncc(C(=O)N3C[C@H](C)O[C@@H](C)C3)c(Cl)c12. The van der Waals surface area contributed by atoms with Gasteiger partial charge in [-0.15, -0.1) is 0 Å². The zero-order valence-corrected chi connectivity index (χ0v) is 16.6. The minimum Gasteiger partial charge on any atom is -0.372 e. The van der Waals surface area contributed by atoms with Crippen molar-refractivity contribution in [2.24, 2.45) is 0 Å². The first kappa shape index (κ1) is 18.8. The molecule has 1 aromatic carbocycles. The number of amides is 1. The number of halogens is 2. The first-order chi connectivity index (χ1) is 13.3. The van der Waals surface area contributed by atoms with Gasteiger partial charge in [0.2, 0.25) is 0 Å². The van der Waals surface area contributed by atoms with E-state index >= 15 is 0 Å². The third-order valence-corrected chi connectivity index (χ3v) is 5.21. The van der Waals surface area contributed by atoms with Crippen molar-refractivity contribution >= 4 is 28.5 Å². The highest BCUT2D eigenvalue weighted by Crippen LogP contribution is 2.31. The number of carbonyl (C=O) groups excluding carboxylic acids is 1. The molecular weight excluding hydrogens is 383 g/mol. The average Bonchev–Trinajstić information content (AvgIpc) is 2.99. The number of hydrogen-bond acceptors (Lipinski definition) is 4. The average molecular weight is 403 g/mol. The molecule has 6 nitrogen and oxygen atoms in total. The van der Waals surface area contributed by atoms with Crippen LogP contribution in [0.25, 0.3) is 16.7 Å². The molecule has 1 fully saturated rings. The molecule has 146 valence electrons. The molecule has 0 aliphatic carbocycles. The molecule has 1 aliphatic heterocycles. The van der Waals surface area contributed by atoms with Gasteiger partial charge in [-0.3, -0.25) is 4.79 Å². The summed E-state index contributed by atoms with van der Waals surface area (Å²) in [5.41, 5.74) is 2.18. The Kier molecular flexibility index (Phi) is 4.81. The molecule has 1 saturated heterocycles. The number of rotatable bonds is 2. The number of aromatic nitrogens is 3. The lowest BCUT2D eigenvalue weighted by Gasteiger charge is -2.35. The van der Waals surface area contributed by atoms with E-state index in [1.54, 1.807) is 21.7 Å². The Labute approximate surface area is 166 Å². The van der Waals surface area contributed by atoms with Gasteiger partial charge in [0, 0.05) is 19.3 Å². The highest BCUT2D eigenvalue weighted by Gasteiger charge is 2.29. The number of benzene rings is 1. The lowest BCUT2D eigenvalue weighted by molar-refractivity contribution is -0.0586. The largest absolute Gasteiger partial charge is 0.372 e. The summed E-state index contributed by atoms with van der Waals surface area (Å²) in [4.78, 5) is 19.3. The summed E-state index contributed by atoms with van der Waals surface area (Å²) in [7, 11) is 0. The number of carbonyl (C=O) groups is 1. The molecule has 1 amide bonds. The van der Waals surface area contributed by atoms with Crippen molar-refractivity contribution in [3.63, 3.8) is 0 Å². The van der Waals surface area contributed by atoms with Gasteiger partial charge in [-0.1, -0.05) is 11.6 Å². The van der Waals surface area contributed by atoms with Crippen LogP contribution in [0.15, 0.2) is 30.5 Å². The lowest BCUT2D eigenvalue weighted by atomic mass is 10.1. The Hall–Kier alpha value is -2.51. The van der Waals surface area contributed by atoms with Crippen molar-refractivity contribution < 1.29 is 13.9 Å². The van der Waals surface area contributed by atoms with E-state index in [-0.39, 0.29) is 23.9 Å². The summed E-state index contributed by atoms with van der Waals surface area (Å²) in [6, 6.07) is 5.95. The first-order valence-electron chi connectivity index (χ1n) is 9.09. The second-order valence-electron chi connectivity index (χ2n) is 7.13. The Morgan fingerprint density at radius 2 is 1.86 bits per heavy atom. The zero-order chi connectivity index (χ0) is 20.0. The standard InChI is InChI=1S/C20H20ClFN4O2/c1-11-9-25(10-12(2)28-11)20(27)16-8-23-19-17(18(16)21)13(3)24-26(19)15-6-4-14(22)5-7-15/h4-8,11-12H,9-10H2,1-3H3/t11-,12-/m0/s1. The van der Waals surface area contributed by atoms with Crippen LogP contribution in [0.1, 0.15) is 29.9 Å². The summed E-state index contributed by atoms with van der Waals surface area (Å²) in [6.45, 7) is 6.70. The van der Waals surface area contributed by atoms with Gasteiger partial charge in [0.15, 0.2) is 5.65 Å². The smallest absolute Gasteiger partial charge is 0.257 e. The molecule has 2 aromatic heterocycles. The molecule has 3 heterocycles. The molecule has 3 aromatic rings. The molecule has 0 saturated carbocycles. The number of aryl methyl sites for hydroxylation is 1. The predicted molar refractivity (Wildman–Crippen MR) is 104 cm³/mol. The summed E-state index contributed by atoms with van der Waals surface area (Å²) in [5, 5.41) is 5.43. The van der Waals surface area contributed by atoms with Crippen molar-refractivity contribution in [1.82, 2.24) is 19.7 Å². The molecule has 0 radical (unpaired) electrons. The van der Waals surface area contributed by atoms with Crippen LogP contribution < -0.4 is 0 Å². The summed E-state index contributed by atoms with van der Waals surface area (Å²) in [6.07, 6.45) is 1.41. The molecule has 2 atom stereocenters. The van der Waals surface area contributed by atoms with Crippen LogP contribution in [-0.2, 0) is 4.74 Å². The van der Waals surface area contributed by atoms with Crippen molar-refractivity contribution in [1.29, 1.82) is 0 Å². The number of morpholine rings is 1. The van der Waals surface area contributed by atoms with Gasteiger partial charge in [0.1, 0.15) is 5.82 Å². The number of pyridine rings is 1. The molecule has 0 bridgehead atoms. The fourth-order valence-corrected chi connectivity index (χ4v) is 3.98. The van der Waals surface area contributed by atoms with Gasteiger partial charge in [-0.25, -0.2) is 14.1 Å². The molecule has 1 aliphatic rings. The molecule has 0 unspecified atom stereocenters. The highest BCUT2D eigenvalue weighted by molar-refractivity contribution is 6.38. The quantitative estimate of drug-likeness (QED) is 0.654. The van der Waals surface area contributed by atoms with Crippen molar-refractivity contribution in [3.05, 3.63) is 52.6 Å². The summed E-state index contributed by atoms with van der Waals surface area (Å²) < 4.78 is 20.5. The molecule has 8 heteroatoms. The van der Waals surface area contributed by atoms with E-state index in [0.717, 1.165) is 0 Å². The molecule has 0 spiro atoms. The maximum atomic E-state index is 13.2. The van der Waals surface area contributed by atoms with Crippen LogP contribution in [0.3, 0.4) is 0 Å². The molecule has 4 rings (SSSR count). The normalized spacial score (nSPS) is 20.0. The van der Waals surface area contributed by atoms with E-state index < -0.39 is 0 Å². The van der Waals surface area contributed by atoms with E-state index in [9.17, 15) is 9.18 Å².